The number of hydrogen-bond donors (Lipinski definition) is 1. The molecule has 0 bridgehead atoms. The lowest BCUT2D eigenvalue weighted by atomic mass is 9.98. The number of rotatable bonds is 6. The van der Waals surface area contributed by atoms with Gasteiger partial charge in [-0.1, -0.05) is 30.3 Å². The number of anilines is 3. The minimum Gasteiger partial charge on any atom is -0.459 e. The number of esters is 1. The van der Waals surface area contributed by atoms with Crippen molar-refractivity contribution in [1.29, 1.82) is 0 Å². The van der Waals surface area contributed by atoms with Crippen molar-refractivity contribution in [1.82, 2.24) is 9.88 Å². The van der Waals surface area contributed by atoms with Crippen molar-refractivity contribution < 1.29 is 23.5 Å². The van der Waals surface area contributed by atoms with E-state index >= 15 is 0 Å². The third-order valence-corrected chi connectivity index (χ3v) is 6.44. The molecule has 1 saturated heterocycles. The third-order valence-electron chi connectivity index (χ3n) is 5.57. The molecule has 182 valence electrons. The monoisotopic (exact) mass is 496 g/mol. The number of likely N-dealkylation sites (tertiary alicyclic amines) is 1. The maximum atomic E-state index is 14.2. The van der Waals surface area contributed by atoms with Gasteiger partial charge in [-0.15, -0.1) is 11.3 Å². The molecule has 3 aromatic rings. The second kappa shape index (κ2) is 11.1. The summed E-state index contributed by atoms with van der Waals surface area (Å²) in [7, 11) is 0. The number of nitrogens with zero attached hydrogens (tertiary/aromatic N) is 3. The Bertz CT molecular complexity index is 1200. The molecule has 3 amide bonds. The van der Waals surface area contributed by atoms with Gasteiger partial charge in [0.2, 0.25) is 5.91 Å². The molecular formula is C25H25FN4O4S. The highest BCUT2D eigenvalue weighted by Gasteiger charge is 2.30. The number of ether oxygens (including phenoxy) is 1. The summed E-state index contributed by atoms with van der Waals surface area (Å²) in [4.78, 5) is 44.6. The van der Waals surface area contributed by atoms with Gasteiger partial charge in [-0.2, -0.15) is 0 Å². The van der Waals surface area contributed by atoms with Crippen molar-refractivity contribution in [3.05, 3.63) is 71.5 Å². The molecular weight excluding hydrogens is 471 g/mol. The van der Waals surface area contributed by atoms with E-state index in [1.165, 1.54) is 24.0 Å². The van der Waals surface area contributed by atoms with E-state index in [1.807, 2.05) is 18.2 Å². The number of benzene rings is 2. The summed E-state index contributed by atoms with van der Waals surface area (Å²) >= 11 is 1.16. The second-order valence-electron chi connectivity index (χ2n) is 8.12. The quantitative estimate of drug-likeness (QED) is 0.488. The minimum atomic E-state index is -0.538. The fraction of sp³-hybridized carbons (Fsp3) is 0.280. The average Bonchev–Trinajstić information content (AvgIpc) is 3.33. The molecule has 10 heteroatoms. The van der Waals surface area contributed by atoms with Crippen molar-refractivity contribution in [2.24, 2.45) is 5.92 Å². The number of halogens is 1. The van der Waals surface area contributed by atoms with E-state index in [0.29, 0.717) is 30.8 Å². The molecule has 0 spiro atoms. The number of piperidine rings is 1. The van der Waals surface area contributed by atoms with Crippen LogP contribution in [0.15, 0.2) is 60.0 Å². The highest BCUT2D eigenvalue weighted by Crippen LogP contribution is 2.31. The van der Waals surface area contributed by atoms with Crippen LogP contribution < -0.4 is 10.2 Å². The van der Waals surface area contributed by atoms with Gasteiger partial charge < -0.3 is 15.0 Å². The first-order chi connectivity index (χ1) is 16.9. The predicted octanol–water partition coefficient (Wildman–Crippen LogP) is 4.95. The molecule has 4 rings (SSSR count). The molecule has 0 radical (unpaired) electrons. The summed E-state index contributed by atoms with van der Waals surface area (Å²) in [6.07, 6.45) is 1.32. The van der Waals surface area contributed by atoms with Crippen LogP contribution >= 0.6 is 11.3 Å². The Balaban J connectivity index is 1.34. The molecule has 1 aliphatic heterocycles. The molecule has 2 aromatic carbocycles. The van der Waals surface area contributed by atoms with Crippen molar-refractivity contribution in [2.75, 3.05) is 23.3 Å². The second-order valence-corrected chi connectivity index (χ2v) is 8.95. The Morgan fingerprint density at radius 1 is 1.17 bits per heavy atom. The standard InChI is InChI=1S/C25H25FN4O4S/c1-17(31)30(22-12-6-5-11-21(22)26)25-28-20(16-35-25)15-34-23(32)18-8-7-13-29(14-18)24(33)27-19-9-3-2-4-10-19/h2-6,9-12,16,18H,7-8,13-15H2,1H3,(H,27,33)/t18-/m0/s1. The van der Waals surface area contributed by atoms with Gasteiger partial charge in [-0.05, 0) is 37.1 Å². The lowest BCUT2D eigenvalue weighted by Gasteiger charge is -2.31. The highest BCUT2D eigenvalue weighted by molar-refractivity contribution is 7.14. The Kier molecular flexibility index (Phi) is 7.71. The number of aromatic nitrogens is 1. The summed E-state index contributed by atoms with van der Waals surface area (Å²) in [6, 6.07) is 14.8. The van der Waals surface area contributed by atoms with Gasteiger partial charge in [0.25, 0.3) is 0 Å². The Hall–Kier alpha value is -3.79. The van der Waals surface area contributed by atoms with Crippen LogP contribution in [0.4, 0.5) is 25.7 Å². The first-order valence-electron chi connectivity index (χ1n) is 11.2. The summed E-state index contributed by atoms with van der Waals surface area (Å²) in [6.45, 7) is 2.08. The predicted molar refractivity (Wildman–Crippen MR) is 131 cm³/mol. The van der Waals surface area contributed by atoms with Crippen molar-refractivity contribution in [3.63, 3.8) is 0 Å². The maximum absolute atomic E-state index is 14.2. The van der Waals surface area contributed by atoms with Gasteiger partial charge in [-0.25, -0.2) is 14.2 Å². The summed E-state index contributed by atoms with van der Waals surface area (Å²) in [5.41, 5.74) is 1.25. The molecule has 2 heterocycles. The molecule has 1 aliphatic rings. The first-order valence-corrected chi connectivity index (χ1v) is 12.1. The number of amides is 3. The number of thiazole rings is 1. The zero-order chi connectivity index (χ0) is 24.8. The van der Waals surface area contributed by atoms with E-state index in [9.17, 15) is 18.8 Å². The molecule has 0 saturated carbocycles. The molecule has 1 fully saturated rings. The Morgan fingerprint density at radius 2 is 1.91 bits per heavy atom. The van der Waals surface area contributed by atoms with Crippen LogP contribution in [0, 0.1) is 11.7 Å². The first kappa shape index (κ1) is 24.3. The largest absolute Gasteiger partial charge is 0.459 e. The molecule has 1 atom stereocenters. The van der Waals surface area contributed by atoms with Crippen molar-refractivity contribution in [3.8, 4) is 0 Å². The summed E-state index contributed by atoms with van der Waals surface area (Å²) in [5.74, 6) is -1.77. The topological polar surface area (TPSA) is 91.8 Å². The van der Waals surface area contributed by atoms with E-state index in [0.717, 1.165) is 11.3 Å². The van der Waals surface area contributed by atoms with Crippen molar-refractivity contribution >= 4 is 45.8 Å². The van der Waals surface area contributed by atoms with Gasteiger partial charge in [0.05, 0.1) is 17.3 Å². The molecule has 8 nitrogen and oxygen atoms in total. The lowest BCUT2D eigenvalue weighted by molar-refractivity contribution is -0.151. The SMILES string of the molecule is CC(=O)N(c1nc(COC(=O)[C@H]2CCCN(C(=O)Nc3ccccc3)C2)cs1)c1ccccc1F. The number of carbonyl (C=O) groups excluding carboxylic acids is 3. The summed E-state index contributed by atoms with van der Waals surface area (Å²) in [5, 5.41) is 4.79. The number of urea groups is 1. The molecule has 0 unspecified atom stereocenters. The lowest BCUT2D eigenvalue weighted by Crippen LogP contribution is -2.44. The van der Waals surface area contributed by atoms with Gasteiger partial charge in [0.15, 0.2) is 5.13 Å². The third kappa shape index (κ3) is 6.02. The fourth-order valence-electron chi connectivity index (χ4n) is 3.85. The maximum Gasteiger partial charge on any atom is 0.321 e. The minimum absolute atomic E-state index is 0.0783. The van der Waals surface area contributed by atoms with Gasteiger partial charge in [0, 0.05) is 31.1 Å². The number of para-hydroxylation sites is 2. The van der Waals surface area contributed by atoms with Gasteiger partial charge >= 0.3 is 12.0 Å². The van der Waals surface area contributed by atoms with Crippen LogP contribution in [0.3, 0.4) is 0 Å². The van der Waals surface area contributed by atoms with Crippen LogP contribution in [0.2, 0.25) is 0 Å². The highest BCUT2D eigenvalue weighted by atomic mass is 32.1. The molecule has 1 N–H and O–H groups in total. The van der Waals surface area contributed by atoms with Gasteiger partial charge in [-0.3, -0.25) is 14.5 Å². The fourth-order valence-corrected chi connectivity index (χ4v) is 4.71. The smallest absolute Gasteiger partial charge is 0.321 e. The number of carbonyl (C=O) groups is 3. The van der Waals surface area contributed by atoms with E-state index in [2.05, 4.69) is 10.3 Å². The zero-order valence-corrected chi connectivity index (χ0v) is 20.0. The Morgan fingerprint density at radius 3 is 2.66 bits per heavy atom. The van der Waals surface area contributed by atoms with Crippen LogP contribution in [-0.2, 0) is 20.9 Å². The van der Waals surface area contributed by atoms with Crippen molar-refractivity contribution in [2.45, 2.75) is 26.4 Å². The van der Waals surface area contributed by atoms with Crippen LogP contribution in [0.5, 0.6) is 0 Å². The average molecular weight is 497 g/mol. The van der Waals surface area contributed by atoms with Gasteiger partial charge in [0.1, 0.15) is 12.4 Å². The number of hydrogen-bond acceptors (Lipinski definition) is 6. The molecule has 0 aliphatic carbocycles. The Labute approximate surface area is 206 Å². The summed E-state index contributed by atoms with van der Waals surface area (Å²) < 4.78 is 19.7. The van der Waals surface area contributed by atoms with Crippen LogP contribution in [0.1, 0.15) is 25.5 Å². The zero-order valence-electron chi connectivity index (χ0n) is 19.1. The normalized spacial score (nSPS) is 15.4. The van der Waals surface area contributed by atoms with E-state index in [-0.39, 0.29) is 35.9 Å². The van der Waals surface area contributed by atoms with E-state index in [1.54, 1.807) is 34.5 Å². The molecule has 35 heavy (non-hydrogen) atoms. The van der Waals surface area contributed by atoms with E-state index in [4.69, 9.17) is 4.74 Å². The van der Waals surface area contributed by atoms with Crippen LogP contribution in [0.25, 0.3) is 0 Å². The van der Waals surface area contributed by atoms with E-state index < -0.39 is 17.7 Å². The van der Waals surface area contributed by atoms with Crippen LogP contribution in [-0.4, -0.2) is 40.9 Å². The number of nitrogens with one attached hydrogen (secondary N) is 1. The molecule has 1 aromatic heterocycles.